The molecule has 1 aromatic rings. The third-order valence-corrected chi connectivity index (χ3v) is 2.30. The highest BCUT2D eigenvalue weighted by molar-refractivity contribution is 6.04. The predicted molar refractivity (Wildman–Crippen MR) is 66.7 cm³/mol. The van der Waals surface area contributed by atoms with Gasteiger partial charge in [-0.2, -0.15) is 0 Å². The Bertz CT molecular complexity index is 553. The van der Waals surface area contributed by atoms with Gasteiger partial charge < -0.3 is 14.6 Å². The monoisotopic (exact) mass is 283 g/mol. The number of esters is 2. The molecular formula is C12H13NO7. The van der Waals surface area contributed by atoms with Crippen molar-refractivity contribution in [1.29, 1.82) is 0 Å². The van der Waals surface area contributed by atoms with E-state index in [9.17, 15) is 24.8 Å². The molecule has 0 unspecified atom stereocenters. The number of ether oxygens (including phenoxy) is 2. The van der Waals surface area contributed by atoms with E-state index >= 15 is 0 Å². The average molecular weight is 283 g/mol. The zero-order valence-electron chi connectivity index (χ0n) is 10.9. The van der Waals surface area contributed by atoms with Gasteiger partial charge in [0.25, 0.3) is 0 Å². The first-order valence-electron chi connectivity index (χ1n) is 5.78. The molecule has 0 radical (unpaired) electrons. The number of hydrogen-bond acceptors (Lipinski definition) is 7. The van der Waals surface area contributed by atoms with Crippen LogP contribution in [0, 0.1) is 10.1 Å². The summed E-state index contributed by atoms with van der Waals surface area (Å²) in [5, 5.41) is 20.3. The van der Waals surface area contributed by atoms with Crippen LogP contribution in [0.5, 0.6) is 5.75 Å². The molecule has 0 bridgehead atoms. The van der Waals surface area contributed by atoms with Crippen LogP contribution < -0.4 is 0 Å². The van der Waals surface area contributed by atoms with Crippen molar-refractivity contribution in [1.82, 2.24) is 0 Å². The highest BCUT2D eigenvalue weighted by atomic mass is 16.6. The van der Waals surface area contributed by atoms with Crippen LogP contribution in [0.1, 0.15) is 34.6 Å². The number of phenolic OH excluding ortho intramolecular Hbond substituents is 1. The molecule has 20 heavy (non-hydrogen) atoms. The first-order valence-corrected chi connectivity index (χ1v) is 5.78. The van der Waals surface area contributed by atoms with Crippen molar-refractivity contribution in [3.63, 3.8) is 0 Å². The molecule has 108 valence electrons. The van der Waals surface area contributed by atoms with E-state index in [-0.39, 0.29) is 24.3 Å². The van der Waals surface area contributed by atoms with Crippen LogP contribution in [0.25, 0.3) is 0 Å². The maximum atomic E-state index is 11.7. The largest absolute Gasteiger partial charge is 0.502 e. The normalized spacial score (nSPS) is 9.90. The maximum absolute atomic E-state index is 11.7. The summed E-state index contributed by atoms with van der Waals surface area (Å²) >= 11 is 0. The van der Waals surface area contributed by atoms with Crippen molar-refractivity contribution < 1.29 is 29.1 Å². The van der Waals surface area contributed by atoms with Gasteiger partial charge >= 0.3 is 17.6 Å². The van der Waals surface area contributed by atoms with Crippen molar-refractivity contribution in [3.8, 4) is 5.75 Å². The van der Waals surface area contributed by atoms with Gasteiger partial charge in [-0.15, -0.1) is 0 Å². The third kappa shape index (κ3) is 3.22. The van der Waals surface area contributed by atoms with Gasteiger partial charge in [-0.25, -0.2) is 9.59 Å². The lowest BCUT2D eigenvalue weighted by molar-refractivity contribution is -0.385. The fraction of sp³-hybridized carbons (Fsp3) is 0.333. The number of nitrogens with zero attached hydrogens (tertiary/aromatic N) is 1. The Kier molecular flexibility index (Phi) is 5.01. The quantitative estimate of drug-likeness (QED) is 0.496. The summed E-state index contributed by atoms with van der Waals surface area (Å²) in [5.74, 6) is -2.51. The summed E-state index contributed by atoms with van der Waals surface area (Å²) in [6, 6.07) is 1.61. The van der Waals surface area contributed by atoms with E-state index in [1.807, 2.05) is 0 Å². The van der Waals surface area contributed by atoms with Gasteiger partial charge in [0.2, 0.25) is 0 Å². The fourth-order valence-corrected chi connectivity index (χ4v) is 1.48. The summed E-state index contributed by atoms with van der Waals surface area (Å²) in [6.07, 6.45) is 0. The molecule has 0 aliphatic heterocycles. The molecule has 0 heterocycles. The Labute approximate surface area is 114 Å². The number of aromatic hydroxyl groups is 1. The van der Waals surface area contributed by atoms with E-state index < -0.39 is 28.3 Å². The molecule has 8 nitrogen and oxygen atoms in total. The maximum Gasteiger partial charge on any atom is 0.339 e. The van der Waals surface area contributed by atoms with Crippen LogP contribution in [0.2, 0.25) is 0 Å². The number of hydrogen-bond donors (Lipinski definition) is 1. The molecule has 0 fully saturated rings. The van der Waals surface area contributed by atoms with Crippen molar-refractivity contribution in [2.75, 3.05) is 13.2 Å². The van der Waals surface area contributed by atoms with Crippen LogP contribution in [0.15, 0.2) is 12.1 Å². The van der Waals surface area contributed by atoms with E-state index in [2.05, 4.69) is 0 Å². The van der Waals surface area contributed by atoms with Crippen molar-refractivity contribution in [2.45, 2.75) is 13.8 Å². The van der Waals surface area contributed by atoms with Crippen molar-refractivity contribution in [2.24, 2.45) is 0 Å². The Hall–Kier alpha value is -2.64. The zero-order chi connectivity index (χ0) is 15.3. The minimum absolute atomic E-state index is 0.0375. The summed E-state index contributed by atoms with van der Waals surface area (Å²) in [5.41, 5.74) is -1.30. The van der Waals surface area contributed by atoms with Crippen LogP contribution in [-0.4, -0.2) is 35.2 Å². The summed E-state index contributed by atoms with van der Waals surface area (Å²) in [6.45, 7) is 3.21. The first-order chi connectivity index (χ1) is 9.42. The van der Waals surface area contributed by atoms with Gasteiger partial charge in [0.05, 0.1) is 29.3 Å². The number of nitro benzene ring substituents is 1. The number of benzene rings is 1. The number of carbonyl (C=O) groups is 2. The third-order valence-electron chi connectivity index (χ3n) is 2.30. The van der Waals surface area contributed by atoms with Gasteiger partial charge in [0.1, 0.15) is 0 Å². The van der Waals surface area contributed by atoms with E-state index in [0.29, 0.717) is 0 Å². The lowest BCUT2D eigenvalue weighted by Gasteiger charge is -2.09. The fourth-order valence-electron chi connectivity index (χ4n) is 1.48. The number of rotatable bonds is 5. The second kappa shape index (κ2) is 6.50. The molecule has 8 heteroatoms. The Morgan fingerprint density at radius 1 is 1.15 bits per heavy atom. The molecule has 1 aromatic carbocycles. The predicted octanol–water partition coefficient (Wildman–Crippen LogP) is 1.65. The lowest BCUT2D eigenvalue weighted by Crippen LogP contribution is -2.14. The van der Waals surface area contributed by atoms with Crippen molar-refractivity contribution in [3.05, 3.63) is 33.4 Å². The van der Waals surface area contributed by atoms with E-state index in [4.69, 9.17) is 9.47 Å². The molecule has 1 rings (SSSR count). The Morgan fingerprint density at radius 3 is 2.00 bits per heavy atom. The minimum atomic E-state index is -0.904. The highest BCUT2D eigenvalue weighted by Crippen LogP contribution is 2.30. The van der Waals surface area contributed by atoms with Crippen LogP contribution in [0.4, 0.5) is 5.69 Å². The number of nitro groups is 1. The smallest absolute Gasteiger partial charge is 0.339 e. The van der Waals surface area contributed by atoms with Gasteiger partial charge in [-0.3, -0.25) is 10.1 Å². The van der Waals surface area contributed by atoms with Gasteiger partial charge in [-0.05, 0) is 13.8 Å². The Morgan fingerprint density at radius 2 is 1.60 bits per heavy atom. The molecule has 0 aliphatic carbocycles. The van der Waals surface area contributed by atoms with Gasteiger partial charge in [0.15, 0.2) is 5.75 Å². The second-order valence-electron chi connectivity index (χ2n) is 3.58. The first kappa shape index (κ1) is 15.4. The van der Waals surface area contributed by atoms with E-state index in [1.165, 1.54) is 0 Å². The topological polar surface area (TPSA) is 116 Å². The molecule has 0 atom stereocenters. The Balaban J connectivity index is 3.40. The minimum Gasteiger partial charge on any atom is -0.502 e. The second-order valence-corrected chi connectivity index (χ2v) is 3.58. The van der Waals surface area contributed by atoms with Crippen LogP contribution in [-0.2, 0) is 9.47 Å². The van der Waals surface area contributed by atoms with Crippen molar-refractivity contribution >= 4 is 17.6 Å². The van der Waals surface area contributed by atoms with Crippen LogP contribution >= 0.6 is 0 Å². The summed E-state index contributed by atoms with van der Waals surface area (Å²) in [4.78, 5) is 33.3. The van der Waals surface area contributed by atoms with Gasteiger partial charge in [0, 0.05) is 12.1 Å². The summed E-state index contributed by atoms with van der Waals surface area (Å²) < 4.78 is 9.45. The lowest BCUT2D eigenvalue weighted by atomic mass is 10.1. The standard InChI is InChI=1S/C12H13NO7/c1-3-19-11(15)7-5-9(13(17)18)10(14)6-8(7)12(16)20-4-2/h5-6,14H,3-4H2,1-2H3. The molecular weight excluding hydrogens is 270 g/mol. The SMILES string of the molecule is CCOC(=O)c1cc(O)c([N+](=O)[O-])cc1C(=O)OCC. The molecule has 0 saturated carbocycles. The molecule has 0 spiro atoms. The molecule has 0 saturated heterocycles. The molecule has 0 aliphatic rings. The van der Waals surface area contributed by atoms with Crippen LogP contribution in [0.3, 0.4) is 0 Å². The average Bonchev–Trinajstić information content (AvgIpc) is 2.38. The molecule has 0 amide bonds. The van der Waals surface area contributed by atoms with Gasteiger partial charge in [-0.1, -0.05) is 0 Å². The number of carbonyl (C=O) groups excluding carboxylic acids is 2. The molecule has 1 N–H and O–H groups in total. The van der Waals surface area contributed by atoms with E-state index in [1.54, 1.807) is 13.8 Å². The molecule has 0 aromatic heterocycles. The summed E-state index contributed by atoms with van der Waals surface area (Å²) in [7, 11) is 0. The number of phenols is 1. The van der Waals surface area contributed by atoms with E-state index in [0.717, 1.165) is 12.1 Å². The highest BCUT2D eigenvalue weighted by Gasteiger charge is 2.26. The zero-order valence-corrected chi connectivity index (χ0v) is 10.9.